The summed E-state index contributed by atoms with van der Waals surface area (Å²) < 4.78 is 1.78. The Labute approximate surface area is 93.5 Å². The van der Waals surface area contributed by atoms with Gasteiger partial charge < -0.3 is 5.73 Å². The van der Waals surface area contributed by atoms with Gasteiger partial charge in [0.1, 0.15) is 4.99 Å². The third kappa shape index (κ3) is 1.89. The molecule has 2 aromatic rings. The fourth-order valence-electron chi connectivity index (χ4n) is 1.43. The van der Waals surface area contributed by atoms with Crippen molar-refractivity contribution in [2.24, 2.45) is 5.73 Å². The van der Waals surface area contributed by atoms with Crippen molar-refractivity contribution in [3.63, 3.8) is 0 Å². The van der Waals surface area contributed by atoms with E-state index in [0.29, 0.717) is 4.99 Å². The molecule has 2 N–H and O–H groups in total. The van der Waals surface area contributed by atoms with Crippen LogP contribution in [0, 0.1) is 6.92 Å². The highest BCUT2D eigenvalue weighted by atomic mass is 32.1. The van der Waals surface area contributed by atoms with Gasteiger partial charge in [-0.05, 0) is 25.1 Å². The van der Waals surface area contributed by atoms with E-state index in [2.05, 4.69) is 5.10 Å². The zero-order valence-corrected chi connectivity index (χ0v) is 9.16. The molecule has 0 aliphatic heterocycles. The van der Waals surface area contributed by atoms with Crippen LogP contribution in [0.2, 0.25) is 0 Å². The molecule has 1 aromatic heterocycles. The molecule has 15 heavy (non-hydrogen) atoms. The fraction of sp³-hybridized carbons (Fsp3) is 0.0909. The van der Waals surface area contributed by atoms with Crippen LogP contribution in [0.3, 0.4) is 0 Å². The zero-order valence-electron chi connectivity index (χ0n) is 8.34. The molecule has 0 aliphatic carbocycles. The number of nitrogens with two attached hydrogens (primary N) is 1. The largest absolute Gasteiger partial charge is 0.389 e. The third-order valence-corrected chi connectivity index (χ3v) is 2.36. The SMILES string of the molecule is Cc1ccn(-c2ccccc2C(N)=S)n1. The number of aromatic nitrogens is 2. The summed E-state index contributed by atoms with van der Waals surface area (Å²) in [6.07, 6.45) is 1.90. The van der Waals surface area contributed by atoms with Crippen LogP contribution in [0.25, 0.3) is 5.69 Å². The highest BCUT2D eigenvalue weighted by molar-refractivity contribution is 7.80. The first-order chi connectivity index (χ1) is 7.18. The van der Waals surface area contributed by atoms with Gasteiger partial charge in [0.05, 0.1) is 11.4 Å². The smallest absolute Gasteiger partial charge is 0.106 e. The Kier molecular flexibility index (Phi) is 2.51. The van der Waals surface area contributed by atoms with Gasteiger partial charge in [-0.25, -0.2) is 4.68 Å². The Bertz CT molecular complexity index is 502. The molecule has 0 saturated heterocycles. The van der Waals surface area contributed by atoms with Gasteiger partial charge in [0.25, 0.3) is 0 Å². The van der Waals surface area contributed by atoms with Crippen LogP contribution in [0.4, 0.5) is 0 Å². The van der Waals surface area contributed by atoms with Crippen molar-refractivity contribution in [2.75, 3.05) is 0 Å². The first-order valence-electron chi connectivity index (χ1n) is 4.60. The second kappa shape index (κ2) is 3.82. The molecule has 4 heteroatoms. The van der Waals surface area contributed by atoms with Crippen LogP contribution >= 0.6 is 12.2 Å². The van der Waals surface area contributed by atoms with Gasteiger partial charge in [-0.3, -0.25) is 0 Å². The second-order valence-corrected chi connectivity index (χ2v) is 3.72. The van der Waals surface area contributed by atoms with Crippen LogP contribution in [-0.4, -0.2) is 14.8 Å². The van der Waals surface area contributed by atoms with Gasteiger partial charge in [-0.2, -0.15) is 5.10 Å². The number of rotatable bonds is 2. The topological polar surface area (TPSA) is 43.8 Å². The average molecular weight is 217 g/mol. The minimum Gasteiger partial charge on any atom is -0.389 e. The second-order valence-electron chi connectivity index (χ2n) is 3.28. The van der Waals surface area contributed by atoms with E-state index in [1.165, 1.54) is 0 Å². The number of aryl methyl sites for hydroxylation is 1. The Morgan fingerprint density at radius 1 is 1.33 bits per heavy atom. The number of para-hydroxylation sites is 1. The van der Waals surface area contributed by atoms with E-state index >= 15 is 0 Å². The van der Waals surface area contributed by atoms with Crippen molar-refractivity contribution in [3.05, 3.63) is 47.8 Å². The molecule has 0 bridgehead atoms. The summed E-state index contributed by atoms with van der Waals surface area (Å²) in [4.78, 5) is 0.388. The Morgan fingerprint density at radius 3 is 2.67 bits per heavy atom. The quantitative estimate of drug-likeness (QED) is 0.780. The number of nitrogens with zero attached hydrogens (tertiary/aromatic N) is 2. The van der Waals surface area contributed by atoms with E-state index in [1.54, 1.807) is 4.68 Å². The summed E-state index contributed by atoms with van der Waals surface area (Å²) in [5, 5.41) is 4.33. The van der Waals surface area contributed by atoms with E-state index < -0.39 is 0 Å². The van der Waals surface area contributed by atoms with Gasteiger partial charge in [0.2, 0.25) is 0 Å². The molecular weight excluding hydrogens is 206 g/mol. The maximum absolute atomic E-state index is 5.65. The van der Waals surface area contributed by atoms with Gasteiger partial charge >= 0.3 is 0 Å². The molecule has 0 aliphatic rings. The van der Waals surface area contributed by atoms with Gasteiger partial charge in [0, 0.05) is 11.8 Å². The van der Waals surface area contributed by atoms with Crippen molar-refractivity contribution in [2.45, 2.75) is 6.92 Å². The molecule has 0 atom stereocenters. The lowest BCUT2D eigenvalue weighted by molar-refractivity contribution is 0.861. The number of hydrogen-bond donors (Lipinski definition) is 1. The molecule has 1 aromatic carbocycles. The van der Waals surface area contributed by atoms with E-state index in [-0.39, 0.29) is 0 Å². The van der Waals surface area contributed by atoms with E-state index in [1.807, 2.05) is 43.5 Å². The Hall–Kier alpha value is -1.68. The van der Waals surface area contributed by atoms with Crippen LogP contribution in [0.1, 0.15) is 11.3 Å². The monoisotopic (exact) mass is 217 g/mol. The summed E-state index contributed by atoms with van der Waals surface area (Å²) in [5.41, 5.74) is 8.37. The molecule has 0 amide bonds. The summed E-state index contributed by atoms with van der Waals surface area (Å²) in [6.45, 7) is 1.94. The first kappa shape index (κ1) is 9.86. The lowest BCUT2D eigenvalue weighted by Crippen LogP contribution is -2.13. The number of hydrogen-bond acceptors (Lipinski definition) is 2. The van der Waals surface area contributed by atoms with E-state index in [9.17, 15) is 0 Å². The average Bonchev–Trinajstić information content (AvgIpc) is 2.65. The molecule has 1 heterocycles. The predicted molar refractivity (Wildman–Crippen MR) is 64.2 cm³/mol. The normalized spacial score (nSPS) is 10.2. The van der Waals surface area contributed by atoms with Crippen molar-refractivity contribution in [3.8, 4) is 5.69 Å². The lowest BCUT2D eigenvalue weighted by Gasteiger charge is -2.07. The van der Waals surface area contributed by atoms with Gasteiger partial charge in [-0.1, -0.05) is 24.4 Å². The number of benzene rings is 1. The molecule has 0 unspecified atom stereocenters. The molecule has 76 valence electrons. The Balaban J connectivity index is 2.57. The minimum atomic E-state index is 0.388. The lowest BCUT2D eigenvalue weighted by atomic mass is 10.2. The summed E-state index contributed by atoms with van der Waals surface area (Å²) in [6, 6.07) is 9.63. The summed E-state index contributed by atoms with van der Waals surface area (Å²) >= 11 is 4.99. The molecular formula is C11H11N3S. The summed E-state index contributed by atoms with van der Waals surface area (Å²) in [5.74, 6) is 0. The predicted octanol–water partition coefficient (Wildman–Crippen LogP) is 1.81. The van der Waals surface area contributed by atoms with E-state index in [0.717, 1.165) is 16.9 Å². The van der Waals surface area contributed by atoms with E-state index in [4.69, 9.17) is 18.0 Å². The zero-order chi connectivity index (χ0) is 10.8. The molecule has 2 rings (SSSR count). The van der Waals surface area contributed by atoms with Gasteiger partial charge in [-0.15, -0.1) is 0 Å². The highest BCUT2D eigenvalue weighted by Crippen LogP contribution is 2.13. The van der Waals surface area contributed by atoms with Crippen molar-refractivity contribution >= 4 is 17.2 Å². The Morgan fingerprint density at radius 2 is 2.07 bits per heavy atom. The third-order valence-electron chi connectivity index (χ3n) is 2.14. The molecule has 0 radical (unpaired) electrons. The molecule has 3 nitrogen and oxygen atoms in total. The molecule has 0 fully saturated rings. The number of thiocarbonyl (C=S) groups is 1. The molecule has 0 saturated carbocycles. The maximum Gasteiger partial charge on any atom is 0.106 e. The maximum atomic E-state index is 5.65. The van der Waals surface area contributed by atoms with Crippen LogP contribution in [0.5, 0.6) is 0 Å². The van der Waals surface area contributed by atoms with Crippen LogP contribution in [-0.2, 0) is 0 Å². The summed E-state index contributed by atoms with van der Waals surface area (Å²) in [7, 11) is 0. The van der Waals surface area contributed by atoms with Crippen molar-refractivity contribution in [1.82, 2.24) is 9.78 Å². The van der Waals surface area contributed by atoms with Gasteiger partial charge in [0.15, 0.2) is 0 Å². The van der Waals surface area contributed by atoms with Crippen LogP contribution < -0.4 is 5.73 Å². The molecule has 0 spiro atoms. The fourth-order valence-corrected chi connectivity index (χ4v) is 1.60. The van der Waals surface area contributed by atoms with Crippen LogP contribution in [0.15, 0.2) is 36.5 Å². The first-order valence-corrected chi connectivity index (χ1v) is 5.01. The van der Waals surface area contributed by atoms with Crippen molar-refractivity contribution in [1.29, 1.82) is 0 Å². The highest BCUT2D eigenvalue weighted by Gasteiger charge is 2.06. The standard InChI is InChI=1S/C11H11N3S/c1-8-6-7-14(13-8)10-5-3-2-4-9(10)11(12)15/h2-7H,1H3,(H2,12,15). The minimum absolute atomic E-state index is 0.388. The van der Waals surface area contributed by atoms with Crippen molar-refractivity contribution < 1.29 is 0 Å².